The summed E-state index contributed by atoms with van der Waals surface area (Å²) in [5.41, 5.74) is 2.08. The molecule has 1 saturated heterocycles. The Morgan fingerprint density at radius 1 is 1.13 bits per heavy atom. The van der Waals surface area contributed by atoms with Gasteiger partial charge in [-0.05, 0) is 53.7 Å². The molecule has 0 radical (unpaired) electrons. The number of hydrogen-bond donors (Lipinski definition) is 2. The standard InChI is InChI=1S/C17H13FN2O2S/c18-13-6-4-11(5-7-13)10-22-14-3-1-2-12(8-14)9-15-16(21)20-17(23)19-15/h1-9H,10H2,(H2,19,20,21,23)/b15-9+. The van der Waals surface area contributed by atoms with Gasteiger partial charge in [-0.1, -0.05) is 24.3 Å². The van der Waals surface area contributed by atoms with Gasteiger partial charge in [0, 0.05) is 0 Å². The molecule has 6 heteroatoms. The van der Waals surface area contributed by atoms with Crippen molar-refractivity contribution in [3.63, 3.8) is 0 Å². The molecule has 1 aliphatic rings. The van der Waals surface area contributed by atoms with Crippen LogP contribution in [0.2, 0.25) is 0 Å². The lowest BCUT2D eigenvalue weighted by atomic mass is 10.2. The van der Waals surface area contributed by atoms with Crippen molar-refractivity contribution in [3.8, 4) is 5.75 Å². The van der Waals surface area contributed by atoms with Crippen LogP contribution >= 0.6 is 12.2 Å². The largest absolute Gasteiger partial charge is 0.489 e. The minimum Gasteiger partial charge on any atom is -0.489 e. The molecule has 0 aromatic heterocycles. The summed E-state index contributed by atoms with van der Waals surface area (Å²) in [4.78, 5) is 11.6. The van der Waals surface area contributed by atoms with Crippen LogP contribution in [0.5, 0.6) is 5.75 Å². The van der Waals surface area contributed by atoms with Crippen LogP contribution in [-0.2, 0) is 11.4 Å². The average Bonchev–Trinajstić information content (AvgIpc) is 2.85. The number of amides is 1. The molecule has 0 unspecified atom stereocenters. The van der Waals surface area contributed by atoms with Crippen LogP contribution < -0.4 is 15.4 Å². The van der Waals surface area contributed by atoms with Crippen molar-refractivity contribution < 1.29 is 13.9 Å². The molecule has 0 bridgehead atoms. The van der Waals surface area contributed by atoms with E-state index in [1.807, 2.05) is 24.3 Å². The van der Waals surface area contributed by atoms with Crippen LogP contribution in [0.15, 0.2) is 54.2 Å². The fourth-order valence-electron chi connectivity index (χ4n) is 2.09. The summed E-state index contributed by atoms with van der Waals surface area (Å²) in [6.45, 7) is 0.336. The van der Waals surface area contributed by atoms with Gasteiger partial charge in [-0.3, -0.25) is 10.1 Å². The fraction of sp³-hybridized carbons (Fsp3) is 0.0588. The number of thiocarbonyl (C=S) groups is 1. The Morgan fingerprint density at radius 3 is 2.61 bits per heavy atom. The molecular weight excluding hydrogens is 315 g/mol. The number of rotatable bonds is 4. The Morgan fingerprint density at radius 2 is 1.91 bits per heavy atom. The van der Waals surface area contributed by atoms with Gasteiger partial charge >= 0.3 is 0 Å². The minimum absolute atomic E-state index is 0.257. The maximum atomic E-state index is 12.9. The summed E-state index contributed by atoms with van der Waals surface area (Å²) in [5.74, 6) is 0.125. The monoisotopic (exact) mass is 328 g/mol. The topological polar surface area (TPSA) is 50.4 Å². The smallest absolute Gasteiger partial charge is 0.273 e. The van der Waals surface area contributed by atoms with E-state index in [1.54, 1.807) is 18.2 Å². The number of hydrogen-bond acceptors (Lipinski definition) is 3. The SMILES string of the molecule is O=C1NC(=S)N/C1=C/c1cccc(OCc2ccc(F)cc2)c1. The molecule has 1 fully saturated rings. The average molecular weight is 328 g/mol. The predicted molar refractivity (Wildman–Crippen MR) is 89.0 cm³/mol. The van der Waals surface area contributed by atoms with E-state index >= 15 is 0 Å². The highest BCUT2D eigenvalue weighted by atomic mass is 32.1. The summed E-state index contributed by atoms with van der Waals surface area (Å²) in [7, 11) is 0. The number of carbonyl (C=O) groups excluding carboxylic acids is 1. The predicted octanol–water partition coefficient (Wildman–Crippen LogP) is 2.75. The first-order valence-corrected chi connectivity index (χ1v) is 7.32. The lowest BCUT2D eigenvalue weighted by Crippen LogP contribution is -2.21. The normalized spacial score (nSPS) is 15.4. The molecule has 2 aromatic rings. The molecule has 3 rings (SSSR count). The zero-order chi connectivity index (χ0) is 16.2. The maximum absolute atomic E-state index is 12.9. The van der Waals surface area contributed by atoms with Crippen LogP contribution in [-0.4, -0.2) is 11.0 Å². The third-order valence-corrected chi connectivity index (χ3v) is 3.41. The van der Waals surface area contributed by atoms with E-state index in [0.29, 0.717) is 23.2 Å². The van der Waals surface area contributed by atoms with Gasteiger partial charge in [0.2, 0.25) is 0 Å². The van der Waals surface area contributed by atoms with Gasteiger partial charge in [-0.25, -0.2) is 4.39 Å². The van der Waals surface area contributed by atoms with Gasteiger partial charge in [0.25, 0.3) is 5.91 Å². The Hall–Kier alpha value is -2.73. The van der Waals surface area contributed by atoms with E-state index in [0.717, 1.165) is 11.1 Å². The van der Waals surface area contributed by atoms with Crippen LogP contribution in [0.25, 0.3) is 6.08 Å². The summed E-state index contributed by atoms with van der Waals surface area (Å²) in [5, 5.41) is 5.59. The number of nitrogens with one attached hydrogen (secondary N) is 2. The second kappa shape index (κ2) is 6.58. The quantitative estimate of drug-likeness (QED) is 0.669. The summed E-state index contributed by atoms with van der Waals surface area (Å²) >= 11 is 4.88. The summed E-state index contributed by atoms with van der Waals surface area (Å²) in [6, 6.07) is 13.5. The van der Waals surface area contributed by atoms with Crippen LogP contribution in [0.4, 0.5) is 4.39 Å². The number of carbonyl (C=O) groups is 1. The highest BCUT2D eigenvalue weighted by Crippen LogP contribution is 2.18. The highest BCUT2D eigenvalue weighted by molar-refractivity contribution is 7.80. The maximum Gasteiger partial charge on any atom is 0.273 e. The first kappa shape index (κ1) is 15.2. The Balaban J connectivity index is 1.70. The number of halogens is 1. The van der Waals surface area contributed by atoms with E-state index in [9.17, 15) is 9.18 Å². The molecule has 0 aliphatic carbocycles. The van der Waals surface area contributed by atoms with Gasteiger partial charge in [0.05, 0.1) is 0 Å². The molecule has 116 valence electrons. The third-order valence-electron chi connectivity index (χ3n) is 3.21. The molecule has 0 atom stereocenters. The molecular formula is C17H13FN2O2S. The molecule has 1 aliphatic heterocycles. The molecule has 4 nitrogen and oxygen atoms in total. The Bertz CT molecular complexity index is 787. The summed E-state index contributed by atoms with van der Waals surface area (Å²) in [6.07, 6.45) is 1.69. The number of benzene rings is 2. The van der Waals surface area contributed by atoms with Crippen LogP contribution in [0, 0.1) is 5.82 Å². The second-order valence-corrected chi connectivity index (χ2v) is 5.36. The summed E-state index contributed by atoms with van der Waals surface area (Å²) < 4.78 is 18.5. The van der Waals surface area contributed by atoms with E-state index in [-0.39, 0.29) is 11.7 Å². The van der Waals surface area contributed by atoms with E-state index in [2.05, 4.69) is 10.6 Å². The zero-order valence-electron chi connectivity index (χ0n) is 12.0. The highest BCUT2D eigenvalue weighted by Gasteiger charge is 2.19. The van der Waals surface area contributed by atoms with E-state index in [4.69, 9.17) is 17.0 Å². The van der Waals surface area contributed by atoms with Gasteiger partial charge in [0.15, 0.2) is 5.11 Å². The first-order valence-electron chi connectivity index (χ1n) is 6.91. The van der Waals surface area contributed by atoms with Crippen LogP contribution in [0.3, 0.4) is 0 Å². The molecule has 2 N–H and O–H groups in total. The van der Waals surface area contributed by atoms with Crippen LogP contribution in [0.1, 0.15) is 11.1 Å². The van der Waals surface area contributed by atoms with Crippen molar-refractivity contribution in [2.75, 3.05) is 0 Å². The van der Waals surface area contributed by atoms with Crippen molar-refractivity contribution in [2.45, 2.75) is 6.61 Å². The van der Waals surface area contributed by atoms with E-state index in [1.165, 1.54) is 12.1 Å². The number of ether oxygens (including phenoxy) is 1. The second-order valence-electron chi connectivity index (χ2n) is 4.95. The lowest BCUT2D eigenvalue weighted by Gasteiger charge is -2.07. The van der Waals surface area contributed by atoms with Crippen molar-refractivity contribution in [1.29, 1.82) is 0 Å². The van der Waals surface area contributed by atoms with Gasteiger partial charge in [-0.2, -0.15) is 0 Å². The first-order chi connectivity index (χ1) is 11.1. The van der Waals surface area contributed by atoms with Gasteiger partial charge in [0.1, 0.15) is 23.9 Å². The van der Waals surface area contributed by atoms with Gasteiger partial charge in [-0.15, -0.1) is 0 Å². The van der Waals surface area contributed by atoms with Gasteiger partial charge < -0.3 is 10.1 Å². The zero-order valence-corrected chi connectivity index (χ0v) is 12.8. The third kappa shape index (κ3) is 3.92. The van der Waals surface area contributed by atoms with Crippen molar-refractivity contribution in [2.24, 2.45) is 0 Å². The molecule has 0 saturated carbocycles. The van der Waals surface area contributed by atoms with Crippen molar-refractivity contribution >= 4 is 29.3 Å². The molecule has 1 heterocycles. The molecule has 2 aromatic carbocycles. The fourth-order valence-corrected chi connectivity index (χ4v) is 2.29. The molecule has 23 heavy (non-hydrogen) atoms. The lowest BCUT2D eigenvalue weighted by molar-refractivity contribution is -0.115. The van der Waals surface area contributed by atoms with Crippen molar-refractivity contribution in [1.82, 2.24) is 10.6 Å². The van der Waals surface area contributed by atoms with E-state index < -0.39 is 0 Å². The molecule has 0 spiro atoms. The minimum atomic E-state index is -0.275. The Kier molecular flexibility index (Phi) is 4.34. The Labute approximate surface area is 138 Å². The molecule has 1 amide bonds. The van der Waals surface area contributed by atoms with Crippen molar-refractivity contribution in [3.05, 3.63) is 71.2 Å².